The molecule has 160 valence electrons. The van der Waals surface area contributed by atoms with Gasteiger partial charge in [0.1, 0.15) is 0 Å². The van der Waals surface area contributed by atoms with Gasteiger partial charge >= 0.3 is 0 Å². The van der Waals surface area contributed by atoms with Gasteiger partial charge in [0.15, 0.2) is 17.3 Å². The molecule has 1 aliphatic rings. The quantitative estimate of drug-likeness (QED) is 0.539. The van der Waals surface area contributed by atoms with E-state index in [1.54, 1.807) is 60.8 Å². The van der Waals surface area contributed by atoms with Gasteiger partial charge < -0.3 is 14.9 Å². The highest BCUT2D eigenvalue weighted by molar-refractivity contribution is 7.12. The van der Waals surface area contributed by atoms with Crippen LogP contribution in [0.1, 0.15) is 33.8 Å². The fraction of sp³-hybridized carbons (Fsp3) is 0.125. The molecule has 2 heterocycles. The number of amides is 1. The number of nitrogens with zero attached hydrogens (tertiary/aromatic N) is 2. The van der Waals surface area contributed by atoms with Crippen molar-refractivity contribution in [2.45, 2.75) is 13.0 Å². The largest absolute Gasteiger partial charge is 0.504 e. The molecule has 0 radical (unpaired) electrons. The first kappa shape index (κ1) is 21.2. The Morgan fingerprint density at radius 3 is 2.56 bits per heavy atom. The lowest BCUT2D eigenvalue weighted by molar-refractivity contribution is -0.117. The van der Waals surface area contributed by atoms with E-state index < -0.39 is 23.5 Å². The zero-order valence-electron chi connectivity index (χ0n) is 17.0. The molecule has 2 aromatic carbocycles. The highest BCUT2D eigenvalue weighted by Gasteiger charge is 2.45. The lowest BCUT2D eigenvalue weighted by Crippen LogP contribution is -2.31. The van der Waals surface area contributed by atoms with Crippen LogP contribution >= 0.6 is 11.3 Å². The minimum absolute atomic E-state index is 0.0602. The summed E-state index contributed by atoms with van der Waals surface area (Å²) >= 11 is 1.21. The van der Waals surface area contributed by atoms with Crippen molar-refractivity contribution in [2.75, 3.05) is 11.5 Å². The van der Waals surface area contributed by atoms with Crippen molar-refractivity contribution >= 4 is 28.7 Å². The van der Waals surface area contributed by atoms with E-state index in [1.165, 1.54) is 22.3 Å². The maximum atomic E-state index is 13.3. The van der Waals surface area contributed by atoms with Gasteiger partial charge in [0.2, 0.25) is 5.78 Å². The smallest absolute Gasteiger partial charge is 0.294 e. The number of aliphatic hydroxyl groups excluding tert-OH is 1. The van der Waals surface area contributed by atoms with Gasteiger partial charge in [-0.05, 0) is 60.3 Å². The van der Waals surface area contributed by atoms with Crippen molar-refractivity contribution in [2.24, 2.45) is 0 Å². The first-order chi connectivity index (χ1) is 15.5. The summed E-state index contributed by atoms with van der Waals surface area (Å²) in [6.07, 6.45) is 0. The number of thiophene rings is 1. The van der Waals surface area contributed by atoms with E-state index in [0.717, 1.165) is 0 Å². The molecule has 0 saturated carbocycles. The van der Waals surface area contributed by atoms with Crippen LogP contribution in [-0.2, 0) is 4.79 Å². The van der Waals surface area contributed by atoms with E-state index in [0.29, 0.717) is 28.3 Å². The SMILES string of the molecule is CCOc1cc(C2C(C(=O)c3cccs3)=C(O)C(=O)N2c2ccc(C#N)cc2)ccc1O. The van der Waals surface area contributed by atoms with Gasteiger partial charge in [-0.15, -0.1) is 11.3 Å². The lowest BCUT2D eigenvalue weighted by atomic mass is 9.94. The molecule has 3 aromatic rings. The number of benzene rings is 2. The molecular formula is C24H18N2O5S. The highest BCUT2D eigenvalue weighted by atomic mass is 32.1. The number of aliphatic hydroxyl groups is 1. The van der Waals surface area contributed by atoms with Crippen LogP contribution in [0.4, 0.5) is 5.69 Å². The van der Waals surface area contributed by atoms with Gasteiger partial charge in [-0.1, -0.05) is 12.1 Å². The number of nitriles is 1. The normalized spacial score (nSPS) is 15.7. The van der Waals surface area contributed by atoms with Crippen LogP contribution in [0.3, 0.4) is 0 Å². The van der Waals surface area contributed by atoms with E-state index >= 15 is 0 Å². The second kappa shape index (κ2) is 8.57. The molecule has 1 amide bonds. The minimum atomic E-state index is -0.954. The second-order valence-corrected chi connectivity index (χ2v) is 7.91. The number of phenolic OH excluding ortho intramolecular Hbond substituents is 1. The van der Waals surface area contributed by atoms with Crippen molar-refractivity contribution in [3.05, 3.63) is 87.3 Å². The summed E-state index contributed by atoms with van der Waals surface area (Å²) in [7, 11) is 0. The van der Waals surface area contributed by atoms with E-state index in [-0.39, 0.29) is 17.1 Å². The van der Waals surface area contributed by atoms with Crippen molar-refractivity contribution in [3.63, 3.8) is 0 Å². The Morgan fingerprint density at radius 2 is 1.94 bits per heavy atom. The number of carbonyl (C=O) groups is 2. The molecule has 0 fully saturated rings. The van der Waals surface area contributed by atoms with Crippen molar-refractivity contribution in [1.82, 2.24) is 0 Å². The number of carbonyl (C=O) groups excluding carboxylic acids is 2. The van der Waals surface area contributed by atoms with Crippen molar-refractivity contribution in [1.29, 1.82) is 5.26 Å². The molecule has 7 nitrogen and oxygen atoms in total. The van der Waals surface area contributed by atoms with Crippen LogP contribution < -0.4 is 9.64 Å². The number of hydrogen-bond acceptors (Lipinski definition) is 7. The fourth-order valence-corrected chi connectivity index (χ4v) is 4.31. The molecule has 1 unspecified atom stereocenters. The molecule has 1 atom stereocenters. The second-order valence-electron chi connectivity index (χ2n) is 6.97. The Balaban J connectivity index is 1.89. The third-order valence-corrected chi connectivity index (χ3v) is 5.94. The summed E-state index contributed by atoms with van der Waals surface area (Å²) in [5.41, 5.74) is 1.24. The minimum Gasteiger partial charge on any atom is -0.504 e. The maximum Gasteiger partial charge on any atom is 0.294 e. The Kier molecular flexibility index (Phi) is 5.67. The van der Waals surface area contributed by atoms with Crippen LogP contribution in [0.5, 0.6) is 11.5 Å². The van der Waals surface area contributed by atoms with Gasteiger partial charge in [-0.25, -0.2) is 0 Å². The zero-order valence-corrected chi connectivity index (χ0v) is 17.8. The summed E-state index contributed by atoms with van der Waals surface area (Å²) < 4.78 is 5.48. The maximum absolute atomic E-state index is 13.3. The van der Waals surface area contributed by atoms with Crippen molar-refractivity contribution in [3.8, 4) is 17.6 Å². The van der Waals surface area contributed by atoms with E-state index in [9.17, 15) is 19.8 Å². The molecule has 1 aromatic heterocycles. The van der Waals surface area contributed by atoms with E-state index in [2.05, 4.69) is 0 Å². The predicted molar refractivity (Wildman–Crippen MR) is 119 cm³/mol. The molecule has 2 N–H and O–H groups in total. The molecule has 4 rings (SSSR count). The Morgan fingerprint density at radius 1 is 1.19 bits per heavy atom. The number of Topliss-reactive ketones (excluding diaryl/α,β-unsaturated/α-hetero) is 1. The number of ether oxygens (including phenoxy) is 1. The van der Waals surface area contributed by atoms with Gasteiger partial charge in [0.05, 0.1) is 34.7 Å². The molecule has 0 spiro atoms. The standard InChI is InChI=1S/C24H18N2O5S/c1-2-31-18-12-15(7-10-17(18)27)21-20(22(28)19-4-3-11-32-19)23(29)24(30)26(21)16-8-5-14(13-25)6-9-16/h3-12,21,27,29H,2H2,1H3. The van der Waals surface area contributed by atoms with Gasteiger partial charge in [0.25, 0.3) is 5.91 Å². The first-order valence-electron chi connectivity index (χ1n) is 9.77. The topological polar surface area (TPSA) is 111 Å². The highest BCUT2D eigenvalue weighted by Crippen LogP contribution is 2.44. The number of aromatic hydroxyl groups is 1. The summed E-state index contributed by atoms with van der Waals surface area (Å²) in [5.74, 6) is -1.71. The molecule has 8 heteroatoms. The van der Waals surface area contributed by atoms with Crippen LogP contribution in [0.15, 0.2) is 71.3 Å². The monoisotopic (exact) mass is 446 g/mol. The molecule has 32 heavy (non-hydrogen) atoms. The Bertz CT molecular complexity index is 1260. The Labute approximate surface area is 188 Å². The molecule has 1 aliphatic heterocycles. The van der Waals surface area contributed by atoms with Crippen molar-refractivity contribution < 1.29 is 24.5 Å². The van der Waals surface area contributed by atoms with Gasteiger partial charge in [-0.3, -0.25) is 14.5 Å². The van der Waals surface area contributed by atoms with Crippen LogP contribution in [-0.4, -0.2) is 28.5 Å². The molecular weight excluding hydrogens is 428 g/mol. The lowest BCUT2D eigenvalue weighted by Gasteiger charge is -2.27. The van der Waals surface area contributed by atoms with Gasteiger partial charge in [-0.2, -0.15) is 5.26 Å². The van der Waals surface area contributed by atoms with Crippen LogP contribution in [0.25, 0.3) is 0 Å². The summed E-state index contributed by atoms with van der Waals surface area (Å²) in [5, 5.41) is 31.7. The summed E-state index contributed by atoms with van der Waals surface area (Å²) in [4.78, 5) is 28.1. The number of rotatable bonds is 6. The average molecular weight is 446 g/mol. The number of hydrogen-bond donors (Lipinski definition) is 2. The first-order valence-corrected chi connectivity index (χ1v) is 10.6. The number of ketones is 1. The van der Waals surface area contributed by atoms with E-state index in [1.807, 2.05) is 6.07 Å². The third-order valence-electron chi connectivity index (χ3n) is 5.07. The molecule has 0 bridgehead atoms. The van der Waals surface area contributed by atoms with Crippen LogP contribution in [0.2, 0.25) is 0 Å². The molecule has 0 aliphatic carbocycles. The number of anilines is 1. The van der Waals surface area contributed by atoms with Gasteiger partial charge in [0, 0.05) is 5.69 Å². The Hall–Kier alpha value is -4.09. The summed E-state index contributed by atoms with van der Waals surface area (Å²) in [6, 6.07) is 15.2. The fourth-order valence-electron chi connectivity index (χ4n) is 3.63. The average Bonchev–Trinajstić information content (AvgIpc) is 3.43. The van der Waals surface area contributed by atoms with E-state index in [4.69, 9.17) is 10.00 Å². The van der Waals surface area contributed by atoms with Crippen LogP contribution in [0, 0.1) is 11.3 Å². The molecule has 0 saturated heterocycles. The number of phenols is 1. The summed E-state index contributed by atoms with van der Waals surface area (Å²) in [6.45, 7) is 2.08. The third kappa shape index (κ3) is 3.59. The zero-order chi connectivity index (χ0) is 22.8. The predicted octanol–water partition coefficient (Wildman–Crippen LogP) is 4.51.